The SMILES string of the molecule is CCSCCC1CC(NC)c2ccc(OC)cc2O1. The normalized spacial score (nSPS) is 21.6. The maximum Gasteiger partial charge on any atom is 0.128 e. The molecule has 106 valence electrons. The highest BCUT2D eigenvalue weighted by atomic mass is 32.2. The first-order valence-electron chi connectivity index (χ1n) is 6.88. The predicted molar refractivity (Wildman–Crippen MR) is 81.4 cm³/mol. The van der Waals surface area contributed by atoms with Gasteiger partial charge >= 0.3 is 0 Å². The van der Waals surface area contributed by atoms with Crippen molar-refractivity contribution in [1.29, 1.82) is 0 Å². The Balaban J connectivity index is 2.10. The first-order valence-corrected chi connectivity index (χ1v) is 8.03. The Morgan fingerprint density at radius 2 is 2.32 bits per heavy atom. The van der Waals surface area contributed by atoms with Gasteiger partial charge in [-0.15, -0.1) is 0 Å². The molecule has 1 N–H and O–H groups in total. The maximum absolute atomic E-state index is 6.12. The summed E-state index contributed by atoms with van der Waals surface area (Å²) in [6, 6.07) is 6.48. The second-order valence-corrected chi connectivity index (χ2v) is 6.10. The van der Waals surface area contributed by atoms with E-state index in [1.807, 2.05) is 30.9 Å². The number of rotatable bonds is 6. The molecule has 0 fully saturated rings. The first-order chi connectivity index (χ1) is 9.28. The number of fused-ring (bicyclic) bond motifs is 1. The van der Waals surface area contributed by atoms with Crippen LogP contribution >= 0.6 is 11.8 Å². The topological polar surface area (TPSA) is 30.5 Å². The zero-order valence-electron chi connectivity index (χ0n) is 11.9. The summed E-state index contributed by atoms with van der Waals surface area (Å²) in [5, 5.41) is 3.39. The van der Waals surface area contributed by atoms with Gasteiger partial charge in [0.15, 0.2) is 0 Å². The van der Waals surface area contributed by atoms with Crippen LogP contribution in [0.3, 0.4) is 0 Å². The van der Waals surface area contributed by atoms with Gasteiger partial charge < -0.3 is 14.8 Å². The van der Waals surface area contributed by atoms with Crippen LogP contribution < -0.4 is 14.8 Å². The van der Waals surface area contributed by atoms with Gasteiger partial charge in [-0.3, -0.25) is 0 Å². The lowest BCUT2D eigenvalue weighted by Crippen LogP contribution is -2.31. The van der Waals surface area contributed by atoms with E-state index in [0.717, 1.165) is 30.1 Å². The average molecular weight is 281 g/mol. The molecule has 0 aliphatic carbocycles. The Bertz CT molecular complexity index is 411. The molecule has 2 rings (SSSR count). The molecule has 3 nitrogen and oxygen atoms in total. The standard InChI is InChI=1S/C15H23NO2S/c1-4-19-8-7-12-9-14(16-2)13-6-5-11(17-3)10-15(13)18-12/h5-6,10,12,14,16H,4,7-9H2,1-3H3. The molecule has 0 saturated carbocycles. The fraction of sp³-hybridized carbons (Fsp3) is 0.600. The van der Waals surface area contributed by atoms with E-state index in [-0.39, 0.29) is 0 Å². The van der Waals surface area contributed by atoms with Crippen LogP contribution in [0.4, 0.5) is 0 Å². The molecule has 1 aliphatic rings. The van der Waals surface area contributed by atoms with Crippen molar-refractivity contribution in [3.05, 3.63) is 23.8 Å². The van der Waals surface area contributed by atoms with Gasteiger partial charge in [0.2, 0.25) is 0 Å². The van der Waals surface area contributed by atoms with E-state index < -0.39 is 0 Å². The summed E-state index contributed by atoms with van der Waals surface area (Å²) in [7, 11) is 3.71. The van der Waals surface area contributed by atoms with Gasteiger partial charge in [0, 0.05) is 24.1 Å². The number of hydrogen-bond donors (Lipinski definition) is 1. The Morgan fingerprint density at radius 3 is 3.00 bits per heavy atom. The monoisotopic (exact) mass is 281 g/mol. The van der Waals surface area contributed by atoms with Crippen LogP contribution in [0.25, 0.3) is 0 Å². The average Bonchev–Trinajstić information content (AvgIpc) is 2.46. The van der Waals surface area contributed by atoms with Crippen LogP contribution in [-0.4, -0.2) is 31.8 Å². The number of methoxy groups -OCH3 is 1. The minimum Gasteiger partial charge on any atom is -0.497 e. The van der Waals surface area contributed by atoms with Crippen molar-refractivity contribution in [3.63, 3.8) is 0 Å². The van der Waals surface area contributed by atoms with Crippen molar-refractivity contribution in [2.45, 2.75) is 31.9 Å². The van der Waals surface area contributed by atoms with Crippen LogP contribution in [0.15, 0.2) is 18.2 Å². The molecule has 2 unspecified atom stereocenters. The lowest BCUT2D eigenvalue weighted by Gasteiger charge is -2.32. The highest BCUT2D eigenvalue weighted by Gasteiger charge is 2.27. The van der Waals surface area contributed by atoms with Crippen LogP contribution in [0.1, 0.15) is 31.4 Å². The van der Waals surface area contributed by atoms with Crippen molar-refractivity contribution in [2.75, 3.05) is 25.7 Å². The van der Waals surface area contributed by atoms with Crippen molar-refractivity contribution < 1.29 is 9.47 Å². The quantitative estimate of drug-likeness (QED) is 0.811. The van der Waals surface area contributed by atoms with Gasteiger partial charge in [-0.05, 0) is 31.0 Å². The Morgan fingerprint density at radius 1 is 1.47 bits per heavy atom. The van der Waals surface area contributed by atoms with Gasteiger partial charge in [0.25, 0.3) is 0 Å². The summed E-state index contributed by atoms with van der Waals surface area (Å²) in [5.41, 5.74) is 1.24. The molecule has 1 heterocycles. The minimum atomic E-state index is 0.302. The number of benzene rings is 1. The summed E-state index contributed by atoms with van der Waals surface area (Å²) >= 11 is 1.97. The number of hydrogen-bond acceptors (Lipinski definition) is 4. The molecule has 19 heavy (non-hydrogen) atoms. The molecule has 0 saturated heterocycles. The molecule has 0 spiro atoms. The summed E-state index contributed by atoms with van der Waals surface area (Å²) in [5.74, 6) is 4.16. The third-order valence-electron chi connectivity index (χ3n) is 3.53. The van der Waals surface area contributed by atoms with Gasteiger partial charge in [0.1, 0.15) is 17.6 Å². The highest BCUT2D eigenvalue weighted by Crippen LogP contribution is 2.38. The van der Waals surface area contributed by atoms with E-state index in [4.69, 9.17) is 9.47 Å². The second-order valence-electron chi connectivity index (χ2n) is 4.71. The molecule has 1 aromatic carbocycles. The maximum atomic E-state index is 6.12. The van der Waals surface area contributed by atoms with E-state index in [2.05, 4.69) is 18.3 Å². The molecule has 0 aromatic heterocycles. The molecule has 1 aliphatic heterocycles. The van der Waals surface area contributed by atoms with E-state index in [1.165, 1.54) is 11.3 Å². The lowest BCUT2D eigenvalue weighted by molar-refractivity contribution is 0.148. The fourth-order valence-corrected chi connectivity index (χ4v) is 3.18. The Kier molecular flexibility index (Phi) is 5.40. The summed E-state index contributed by atoms with van der Waals surface area (Å²) < 4.78 is 11.4. The van der Waals surface area contributed by atoms with Crippen LogP contribution in [-0.2, 0) is 0 Å². The molecule has 4 heteroatoms. The third kappa shape index (κ3) is 3.57. The Labute approximate surface area is 120 Å². The van der Waals surface area contributed by atoms with Crippen molar-refractivity contribution in [2.24, 2.45) is 0 Å². The minimum absolute atomic E-state index is 0.302. The van der Waals surface area contributed by atoms with Crippen molar-refractivity contribution >= 4 is 11.8 Å². The molecular formula is C15H23NO2S. The molecule has 0 bridgehead atoms. The van der Waals surface area contributed by atoms with Crippen molar-refractivity contribution in [3.8, 4) is 11.5 Å². The number of thioether (sulfide) groups is 1. The molecule has 1 aromatic rings. The fourth-order valence-electron chi connectivity index (χ4n) is 2.46. The van der Waals surface area contributed by atoms with E-state index >= 15 is 0 Å². The highest BCUT2D eigenvalue weighted by molar-refractivity contribution is 7.99. The third-order valence-corrected chi connectivity index (χ3v) is 4.46. The van der Waals surface area contributed by atoms with Gasteiger partial charge in [-0.25, -0.2) is 0 Å². The smallest absolute Gasteiger partial charge is 0.128 e. The predicted octanol–water partition coefficient (Wildman–Crippen LogP) is 3.25. The number of nitrogens with one attached hydrogen (secondary N) is 1. The van der Waals surface area contributed by atoms with Gasteiger partial charge in [-0.1, -0.05) is 13.0 Å². The summed E-state index contributed by atoms with van der Waals surface area (Å²) in [6.07, 6.45) is 2.45. The van der Waals surface area contributed by atoms with Crippen LogP contribution in [0.5, 0.6) is 11.5 Å². The second kappa shape index (κ2) is 7.06. The molecular weight excluding hydrogens is 258 g/mol. The van der Waals surface area contributed by atoms with Crippen LogP contribution in [0, 0.1) is 0 Å². The van der Waals surface area contributed by atoms with Crippen molar-refractivity contribution in [1.82, 2.24) is 5.32 Å². The van der Waals surface area contributed by atoms with Gasteiger partial charge in [-0.2, -0.15) is 11.8 Å². The zero-order chi connectivity index (χ0) is 13.7. The first kappa shape index (κ1) is 14.5. The number of ether oxygens (including phenoxy) is 2. The van der Waals surface area contributed by atoms with E-state index in [9.17, 15) is 0 Å². The Hall–Kier alpha value is -0.870. The lowest BCUT2D eigenvalue weighted by atomic mass is 9.95. The van der Waals surface area contributed by atoms with E-state index in [1.54, 1.807) is 7.11 Å². The summed E-state index contributed by atoms with van der Waals surface area (Å²) in [6.45, 7) is 2.20. The molecule has 0 radical (unpaired) electrons. The largest absolute Gasteiger partial charge is 0.497 e. The summed E-state index contributed by atoms with van der Waals surface area (Å²) in [4.78, 5) is 0. The molecule has 2 atom stereocenters. The van der Waals surface area contributed by atoms with E-state index in [0.29, 0.717) is 12.1 Å². The molecule has 0 amide bonds. The van der Waals surface area contributed by atoms with Crippen LogP contribution in [0.2, 0.25) is 0 Å². The van der Waals surface area contributed by atoms with Gasteiger partial charge in [0.05, 0.1) is 7.11 Å². The zero-order valence-corrected chi connectivity index (χ0v) is 12.8.